The Kier molecular flexibility index (Phi) is 6.65. The Morgan fingerprint density at radius 3 is 2.61 bits per heavy atom. The number of H-pyrrole nitrogens is 1. The first-order valence-corrected chi connectivity index (χ1v) is 12.2. The van der Waals surface area contributed by atoms with Crippen LogP contribution in [0.4, 0.5) is 19.1 Å². The van der Waals surface area contributed by atoms with Crippen molar-refractivity contribution >= 4 is 51.6 Å². The topological polar surface area (TPSA) is 101 Å². The van der Waals surface area contributed by atoms with Crippen LogP contribution in [0.2, 0.25) is 0 Å². The van der Waals surface area contributed by atoms with E-state index in [1.54, 1.807) is 12.3 Å². The number of imidazole rings is 1. The van der Waals surface area contributed by atoms with Gasteiger partial charge in [-0.25, -0.2) is 18.2 Å². The minimum atomic E-state index is -2.65. The van der Waals surface area contributed by atoms with E-state index < -0.39 is 29.7 Å². The van der Waals surface area contributed by atoms with E-state index in [9.17, 15) is 13.9 Å². The van der Waals surface area contributed by atoms with Crippen molar-refractivity contribution in [3.8, 4) is 17.0 Å². The molecule has 1 aliphatic rings. The zero-order chi connectivity index (χ0) is 27.4. The molecule has 0 saturated heterocycles. The lowest BCUT2D eigenvalue weighted by atomic mass is 9.52. The van der Waals surface area contributed by atoms with E-state index in [-0.39, 0.29) is 34.7 Å². The minimum absolute atomic E-state index is 0.0118. The predicted octanol–water partition coefficient (Wildman–Crippen LogP) is 3.29. The summed E-state index contributed by atoms with van der Waals surface area (Å²) in [5.41, 5.74) is 0.593. The molecule has 1 aromatic carbocycles. The smallest absolute Gasteiger partial charge is 0.256 e. The van der Waals surface area contributed by atoms with E-state index in [1.807, 2.05) is 6.92 Å². The number of aromatic nitrogens is 5. The zero-order valence-corrected chi connectivity index (χ0v) is 20.9. The van der Waals surface area contributed by atoms with Gasteiger partial charge < -0.3 is 24.7 Å². The third-order valence-corrected chi connectivity index (χ3v) is 6.80. The Hall–Kier alpha value is -3.15. The molecule has 5 rings (SSSR count). The van der Waals surface area contributed by atoms with Crippen LogP contribution in [0.25, 0.3) is 33.2 Å². The molecule has 3 heterocycles. The molecule has 4 aromatic rings. The summed E-state index contributed by atoms with van der Waals surface area (Å²) >= 11 is 0. The number of aromatic amines is 1. The van der Waals surface area contributed by atoms with E-state index in [4.69, 9.17) is 28.3 Å². The van der Waals surface area contributed by atoms with Crippen LogP contribution >= 0.6 is 0 Å². The Morgan fingerprint density at radius 2 is 1.95 bits per heavy atom. The quantitative estimate of drug-likeness (QED) is 0.325. The van der Waals surface area contributed by atoms with Gasteiger partial charge in [0.2, 0.25) is 11.8 Å². The van der Waals surface area contributed by atoms with Crippen molar-refractivity contribution in [2.45, 2.75) is 69.4 Å². The highest BCUT2D eigenvalue weighted by Crippen LogP contribution is 2.38. The van der Waals surface area contributed by atoms with E-state index in [0.717, 1.165) is 0 Å². The number of benzene rings is 1. The standard InChI is InChI=1S/C24H24B3F3N6O2/c1-11-32-19-15(28)7-12(8-16(19)36(11)10-17(29)30)14-9-31-20-18(14)21(38-24(25,26)27)35-22(34-20)33-13-3-5-23(2,37)6-4-13/h7-9,13,17,37H,3-6,10H2,1-2H3,(H2,31,33,34,35). The van der Waals surface area contributed by atoms with Crippen molar-refractivity contribution in [3.05, 3.63) is 30.0 Å². The molecular weight excluding hydrogens is 494 g/mol. The minimum Gasteiger partial charge on any atom is -0.500 e. The highest BCUT2D eigenvalue weighted by Gasteiger charge is 2.30. The Bertz CT molecular complexity index is 1490. The number of halogens is 3. The maximum absolute atomic E-state index is 15.1. The van der Waals surface area contributed by atoms with Gasteiger partial charge >= 0.3 is 0 Å². The molecule has 0 atom stereocenters. The summed E-state index contributed by atoms with van der Waals surface area (Å²) in [6, 6.07) is 2.82. The van der Waals surface area contributed by atoms with E-state index >= 15 is 4.39 Å². The maximum Gasteiger partial charge on any atom is 0.256 e. The van der Waals surface area contributed by atoms with Gasteiger partial charge in [0.25, 0.3) is 6.43 Å². The molecule has 1 saturated carbocycles. The molecule has 0 amide bonds. The van der Waals surface area contributed by atoms with Gasteiger partial charge in [-0.15, -0.1) is 0 Å². The first-order chi connectivity index (χ1) is 17.8. The molecule has 0 spiro atoms. The maximum atomic E-state index is 15.1. The van der Waals surface area contributed by atoms with Crippen molar-refractivity contribution in [2.24, 2.45) is 0 Å². The number of nitrogens with one attached hydrogen (secondary N) is 2. The second-order valence-electron chi connectivity index (χ2n) is 10.1. The fraction of sp³-hybridized carbons (Fsp3) is 0.458. The average molecular weight is 518 g/mol. The number of aliphatic hydroxyl groups is 1. The molecule has 8 nitrogen and oxygen atoms in total. The highest BCUT2D eigenvalue weighted by molar-refractivity contribution is 6.58. The summed E-state index contributed by atoms with van der Waals surface area (Å²) in [5, 5.41) is 11.7. The van der Waals surface area contributed by atoms with Crippen LogP contribution in [0.1, 0.15) is 38.4 Å². The lowest BCUT2D eigenvalue weighted by molar-refractivity contribution is 0.0195. The Balaban J connectivity index is 1.59. The molecule has 0 bridgehead atoms. The molecular formula is C24H24B3F3N6O2. The van der Waals surface area contributed by atoms with Crippen LogP contribution < -0.4 is 10.1 Å². The third-order valence-electron chi connectivity index (χ3n) is 6.80. The van der Waals surface area contributed by atoms with Gasteiger partial charge in [0.1, 0.15) is 40.5 Å². The number of rotatable bonds is 7. The van der Waals surface area contributed by atoms with Crippen molar-refractivity contribution in [1.29, 1.82) is 0 Å². The molecule has 3 N–H and O–H groups in total. The number of ether oxygens (including phenoxy) is 1. The summed E-state index contributed by atoms with van der Waals surface area (Å²) in [4.78, 5) is 16.1. The lowest BCUT2D eigenvalue weighted by Crippen LogP contribution is -2.38. The van der Waals surface area contributed by atoms with E-state index in [2.05, 4.69) is 25.3 Å². The molecule has 1 fully saturated rings. The van der Waals surface area contributed by atoms with Crippen LogP contribution in [0.5, 0.6) is 5.88 Å². The largest absolute Gasteiger partial charge is 0.500 e. The number of alkyl halides is 2. The molecule has 14 heteroatoms. The highest BCUT2D eigenvalue weighted by atomic mass is 19.3. The van der Waals surface area contributed by atoms with Crippen LogP contribution in [0.15, 0.2) is 18.3 Å². The number of aryl methyl sites for hydroxylation is 1. The second-order valence-corrected chi connectivity index (χ2v) is 10.1. The van der Waals surface area contributed by atoms with E-state index in [0.29, 0.717) is 47.8 Å². The lowest BCUT2D eigenvalue weighted by Gasteiger charge is -2.33. The Morgan fingerprint density at radius 1 is 1.24 bits per heavy atom. The fourth-order valence-electron chi connectivity index (χ4n) is 4.92. The van der Waals surface area contributed by atoms with Gasteiger partial charge in [-0.05, 0) is 62.5 Å². The average Bonchev–Trinajstić information content (AvgIpc) is 3.36. The number of hydrogen-bond acceptors (Lipinski definition) is 6. The molecule has 6 radical (unpaired) electrons. The first-order valence-electron chi connectivity index (χ1n) is 12.2. The summed E-state index contributed by atoms with van der Waals surface area (Å²) in [7, 11) is 17.2. The zero-order valence-electron chi connectivity index (χ0n) is 20.9. The van der Waals surface area contributed by atoms with Crippen molar-refractivity contribution in [2.75, 3.05) is 5.32 Å². The molecule has 38 heavy (non-hydrogen) atoms. The predicted molar refractivity (Wildman–Crippen MR) is 140 cm³/mol. The van der Waals surface area contributed by atoms with E-state index in [1.165, 1.54) is 17.6 Å². The summed E-state index contributed by atoms with van der Waals surface area (Å²) in [6.45, 7) is 2.72. The number of anilines is 1. The normalized spacial score (nSPS) is 20.4. The molecule has 0 unspecified atom stereocenters. The van der Waals surface area contributed by atoms with Crippen LogP contribution in [0, 0.1) is 12.7 Å². The first kappa shape index (κ1) is 26.5. The van der Waals surface area contributed by atoms with Gasteiger partial charge in [-0.1, -0.05) is 0 Å². The fourth-order valence-corrected chi connectivity index (χ4v) is 4.92. The molecule has 1 aliphatic carbocycles. The van der Waals surface area contributed by atoms with Crippen molar-refractivity contribution in [3.63, 3.8) is 0 Å². The van der Waals surface area contributed by atoms with Crippen molar-refractivity contribution < 1.29 is 23.0 Å². The van der Waals surface area contributed by atoms with Crippen molar-refractivity contribution in [1.82, 2.24) is 24.5 Å². The van der Waals surface area contributed by atoms with Gasteiger partial charge in [0.15, 0.2) is 5.82 Å². The summed E-state index contributed by atoms with van der Waals surface area (Å²) in [5.74, 6) is -0.240. The number of nitrogens with zero attached hydrogens (tertiary/aromatic N) is 4. The second kappa shape index (κ2) is 9.55. The van der Waals surface area contributed by atoms with Gasteiger partial charge in [-0.3, -0.25) is 0 Å². The van der Waals surface area contributed by atoms with Gasteiger partial charge in [-0.2, -0.15) is 9.97 Å². The molecule has 0 aliphatic heterocycles. The summed E-state index contributed by atoms with van der Waals surface area (Å²) < 4.78 is 48.3. The Labute approximate surface area is 221 Å². The number of hydrogen-bond donors (Lipinski definition) is 3. The van der Waals surface area contributed by atoms with Gasteiger partial charge in [0, 0.05) is 17.8 Å². The third kappa shape index (κ3) is 5.36. The SMILES string of the molecule is [B]C([B])([B])Oc1nc(NC2CCC(C)(O)CC2)nc2[nH]cc(-c3cc(F)c4nc(C)n(CC(F)F)c4c3)c12. The molecule has 192 valence electrons. The monoisotopic (exact) mass is 518 g/mol. The molecule has 3 aromatic heterocycles. The van der Waals surface area contributed by atoms with Crippen LogP contribution in [-0.4, -0.2) is 76.5 Å². The van der Waals surface area contributed by atoms with Crippen LogP contribution in [-0.2, 0) is 6.54 Å². The summed E-state index contributed by atoms with van der Waals surface area (Å²) in [6.07, 6.45) is 1.58. The van der Waals surface area contributed by atoms with Crippen LogP contribution in [0.3, 0.4) is 0 Å². The number of fused-ring (bicyclic) bond motifs is 2. The van der Waals surface area contributed by atoms with Gasteiger partial charge in [0.05, 0.1) is 23.0 Å².